The second-order valence-electron chi connectivity index (χ2n) is 5.24. The fraction of sp³-hybridized carbons (Fsp3) is 0.833. The van der Waals surface area contributed by atoms with Crippen LogP contribution in [0.3, 0.4) is 0 Å². The van der Waals surface area contributed by atoms with Crippen molar-refractivity contribution in [1.29, 1.82) is 0 Å². The SMILES string of the molecule is CC(CCBr)CCN1CCn2c(nnc2C(F)(F)F)C1. The van der Waals surface area contributed by atoms with Crippen LogP contribution in [0.5, 0.6) is 0 Å². The Morgan fingerprint density at radius 1 is 1.25 bits per heavy atom. The van der Waals surface area contributed by atoms with Crippen LogP contribution in [0, 0.1) is 5.92 Å². The Labute approximate surface area is 124 Å². The minimum atomic E-state index is -4.42. The number of aromatic nitrogens is 3. The lowest BCUT2D eigenvalue weighted by Crippen LogP contribution is -2.36. The summed E-state index contributed by atoms with van der Waals surface area (Å²) < 4.78 is 39.3. The summed E-state index contributed by atoms with van der Waals surface area (Å²) in [6, 6.07) is 0. The van der Waals surface area contributed by atoms with Crippen LogP contribution in [0.2, 0.25) is 0 Å². The summed E-state index contributed by atoms with van der Waals surface area (Å²) >= 11 is 3.42. The maximum absolute atomic E-state index is 12.7. The molecule has 0 spiro atoms. The molecule has 0 saturated carbocycles. The Balaban J connectivity index is 1.94. The summed E-state index contributed by atoms with van der Waals surface area (Å²) in [6.45, 7) is 4.46. The van der Waals surface area contributed by atoms with E-state index in [4.69, 9.17) is 0 Å². The lowest BCUT2D eigenvalue weighted by Gasteiger charge is -2.28. The van der Waals surface area contributed by atoms with Crippen LogP contribution < -0.4 is 0 Å². The van der Waals surface area contributed by atoms with Crippen LogP contribution in [-0.2, 0) is 19.3 Å². The van der Waals surface area contributed by atoms with Crippen molar-refractivity contribution in [1.82, 2.24) is 19.7 Å². The molecule has 1 aliphatic heterocycles. The standard InChI is InChI=1S/C12H18BrF3N4/c1-9(2-4-13)3-5-19-6-7-20-10(8-19)17-18-11(20)12(14,15)16/h9H,2-8H2,1H3. The summed E-state index contributed by atoms with van der Waals surface area (Å²) in [5.41, 5.74) is 0. The van der Waals surface area contributed by atoms with Crippen molar-refractivity contribution in [3.8, 4) is 0 Å². The smallest absolute Gasteiger partial charge is 0.305 e. The zero-order valence-electron chi connectivity index (χ0n) is 11.3. The zero-order valence-corrected chi connectivity index (χ0v) is 12.9. The molecular weight excluding hydrogens is 337 g/mol. The predicted octanol–water partition coefficient (Wildman–Crippen LogP) is 2.92. The van der Waals surface area contributed by atoms with E-state index >= 15 is 0 Å². The van der Waals surface area contributed by atoms with E-state index in [9.17, 15) is 13.2 Å². The number of halogens is 4. The quantitative estimate of drug-likeness (QED) is 0.762. The van der Waals surface area contributed by atoms with Gasteiger partial charge < -0.3 is 4.57 Å². The summed E-state index contributed by atoms with van der Waals surface area (Å²) in [5, 5.41) is 7.95. The Bertz CT molecular complexity index is 446. The average molecular weight is 355 g/mol. The van der Waals surface area contributed by atoms with Crippen molar-refractivity contribution in [2.45, 2.75) is 39.0 Å². The highest BCUT2D eigenvalue weighted by Crippen LogP contribution is 2.29. The fourth-order valence-corrected chi connectivity index (χ4v) is 3.12. The number of alkyl halides is 4. The molecule has 0 fully saturated rings. The van der Waals surface area contributed by atoms with Gasteiger partial charge in [0.2, 0.25) is 5.82 Å². The zero-order chi connectivity index (χ0) is 14.8. The van der Waals surface area contributed by atoms with Crippen molar-refractivity contribution < 1.29 is 13.2 Å². The number of rotatable bonds is 5. The molecule has 1 aliphatic rings. The minimum absolute atomic E-state index is 0.310. The van der Waals surface area contributed by atoms with Crippen molar-refractivity contribution in [2.24, 2.45) is 5.92 Å². The summed E-state index contributed by atoms with van der Waals surface area (Å²) in [7, 11) is 0. The highest BCUT2D eigenvalue weighted by Gasteiger charge is 2.39. The Hall–Kier alpha value is -0.630. The third-order valence-electron chi connectivity index (χ3n) is 3.63. The molecule has 8 heteroatoms. The molecule has 1 atom stereocenters. The van der Waals surface area contributed by atoms with Gasteiger partial charge in [0.15, 0.2) is 0 Å². The summed E-state index contributed by atoms with van der Waals surface area (Å²) in [6.07, 6.45) is -2.26. The third kappa shape index (κ3) is 3.72. The molecule has 114 valence electrons. The van der Waals surface area contributed by atoms with Gasteiger partial charge in [-0.2, -0.15) is 13.2 Å². The van der Waals surface area contributed by atoms with Crippen LogP contribution in [0.25, 0.3) is 0 Å². The highest BCUT2D eigenvalue weighted by atomic mass is 79.9. The molecule has 0 aromatic carbocycles. The molecule has 0 aliphatic carbocycles. The maximum atomic E-state index is 12.7. The van der Waals surface area contributed by atoms with Gasteiger partial charge in [0.1, 0.15) is 5.82 Å². The summed E-state index contributed by atoms with van der Waals surface area (Å²) in [4.78, 5) is 2.15. The van der Waals surface area contributed by atoms with E-state index < -0.39 is 12.0 Å². The highest BCUT2D eigenvalue weighted by molar-refractivity contribution is 9.09. The molecule has 0 bridgehead atoms. The van der Waals surface area contributed by atoms with Gasteiger partial charge >= 0.3 is 6.18 Å². The molecule has 0 N–H and O–H groups in total. The van der Waals surface area contributed by atoms with Crippen LogP contribution >= 0.6 is 15.9 Å². The van der Waals surface area contributed by atoms with E-state index in [2.05, 4.69) is 38.0 Å². The van der Waals surface area contributed by atoms with Gasteiger partial charge in [0.25, 0.3) is 0 Å². The minimum Gasteiger partial charge on any atom is -0.305 e. The van der Waals surface area contributed by atoms with E-state index in [1.807, 2.05) is 0 Å². The fourth-order valence-electron chi connectivity index (χ4n) is 2.34. The number of fused-ring (bicyclic) bond motifs is 1. The van der Waals surface area contributed by atoms with Gasteiger partial charge in [-0.05, 0) is 25.3 Å². The second kappa shape index (κ2) is 6.43. The largest absolute Gasteiger partial charge is 0.451 e. The van der Waals surface area contributed by atoms with Crippen LogP contribution in [-0.4, -0.2) is 38.1 Å². The third-order valence-corrected chi connectivity index (χ3v) is 4.08. The summed E-state index contributed by atoms with van der Waals surface area (Å²) in [5.74, 6) is 0.149. The Morgan fingerprint density at radius 3 is 2.65 bits per heavy atom. The first-order chi connectivity index (χ1) is 9.41. The first-order valence-electron chi connectivity index (χ1n) is 6.69. The normalized spacial score (nSPS) is 18.1. The predicted molar refractivity (Wildman–Crippen MR) is 72.5 cm³/mol. The molecule has 2 rings (SSSR count). The van der Waals surface area contributed by atoms with Gasteiger partial charge in [-0.25, -0.2) is 0 Å². The number of hydrogen-bond donors (Lipinski definition) is 0. The molecule has 1 aromatic heterocycles. The van der Waals surface area contributed by atoms with Gasteiger partial charge in [0, 0.05) is 18.4 Å². The van der Waals surface area contributed by atoms with E-state index in [0.29, 0.717) is 31.4 Å². The Morgan fingerprint density at radius 2 is 2.00 bits per heavy atom. The molecule has 0 saturated heterocycles. The number of hydrogen-bond acceptors (Lipinski definition) is 3. The van der Waals surface area contributed by atoms with Crippen molar-refractivity contribution in [3.05, 3.63) is 11.6 Å². The molecular formula is C12H18BrF3N4. The average Bonchev–Trinajstić information content (AvgIpc) is 2.79. The lowest BCUT2D eigenvalue weighted by atomic mass is 10.0. The van der Waals surface area contributed by atoms with Crippen molar-refractivity contribution in [2.75, 3.05) is 18.4 Å². The molecule has 0 amide bonds. The maximum Gasteiger partial charge on any atom is 0.451 e. The molecule has 4 nitrogen and oxygen atoms in total. The molecule has 2 heterocycles. The second-order valence-corrected chi connectivity index (χ2v) is 6.03. The topological polar surface area (TPSA) is 34.0 Å². The first kappa shape index (κ1) is 15.8. The van der Waals surface area contributed by atoms with Crippen LogP contribution in [0.4, 0.5) is 13.2 Å². The van der Waals surface area contributed by atoms with E-state index in [0.717, 1.165) is 24.7 Å². The van der Waals surface area contributed by atoms with E-state index in [-0.39, 0.29) is 0 Å². The van der Waals surface area contributed by atoms with Crippen molar-refractivity contribution >= 4 is 15.9 Å². The van der Waals surface area contributed by atoms with E-state index in [1.54, 1.807) is 0 Å². The van der Waals surface area contributed by atoms with E-state index in [1.165, 1.54) is 4.57 Å². The van der Waals surface area contributed by atoms with Gasteiger partial charge in [0.05, 0.1) is 6.54 Å². The first-order valence-corrected chi connectivity index (χ1v) is 7.81. The molecule has 20 heavy (non-hydrogen) atoms. The van der Waals surface area contributed by atoms with Gasteiger partial charge in [-0.3, -0.25) is 4.90 Å². The lowest BCUT2D eigenvalue weighted by molar-refractivity contribution is -0.148. The van der Waals surface area contributed by atoms with Crippen molar-refractivity contribution in [3.63, 3.8) is 0 Å². The Kier molecular flexibility index (Phi) is 5.06. The molecule has 0 radical (unpaired) electrons. The molecule has 1 unspecified atom stereocenters. The van der Waals surface area contributed by atoms with Gasteiger partial charge in [-0.1, -0.05) is 22.9 Å². The monoisotopic (exact) mass is 354 g/mol. The van der Waals surface area contributed by atoms with Crippen LogP contribution in [0.15, 0.2) is 0 Å². The molecule has 1 aromatic rings. The van der Waals surface area contributed by atoms with Gasteiger partial charge in [-0.15, -0.1) is 10.2 Å². The number of nitrogens with zero attached hydrogens (tertiary/aromatic N) is 4. The van der Waals surface area contributed by atoms with Crippen LogP contribution in [0.1, 0.15) is 31.4 Å².